The molecule has 234 valence electrons. The van der Waals surface area contributed by atoms with Crippen molar-refractivity contribution in [2.45, 2.75) is 13.8 Å². The van der Waals surface area contributed by atoms with E-state index in [0.717, 1.165) is 0 Å². The molecule has 2 heterocycles. The van der Waals surface area contributed by atoms with E-state index < -0.39 is 0 Å². The fourth-order valence-corrected chi connectivity index (χ4v) is 11.2. The minimum atomic E-state index is 1.26. The monoisotopic (exact) mass is 670 g/mol. The first-order valence-corrected chi connectivity index (χ1v) is 18.9. The molecule has 11 rings (SSSR count). The van der Waals surface area contributed by atoms with Crippen LogP contribution in [0.5, 0.6) is 0 Å². The molecule has 0 amide bonds. The van der Waals surface area contributed by atoms with Crippen molar-refractivity contribution in [1.29, 1.82) is 0 Å². The molecule has 0 saturated heterocycles. The van der Waals surface area contributed by atoms with E-state index in [2.05, 4.69) is 159 Å². The summed E-state index contributed by atoms with van der Waals surface area (Å²) in [6.07, 6.45) is 0. The third kappa shape index (κ3) is 3.81. The quantitative estimate of drug-likeness (QED) is 0.127. The topological polar surface area (TPSA) is 0 Å². The van der Waals surface area contributed by atoms with Crippen LogP contribution >= 0.6 is 22.7 Å². The van der Waals surface area contributed by atoms with E-state index in [1.807, 2.05) is 22.7 Å². The summed E-state index contributed by atoms with van der Waals surface area (Å²) in [5.74, 6) is 0. The van der Waals surface area contributed by atoms with Gasteiger partial charge in [0, 0.05) is 61.9 Å². The highest BCUT2D eigenvalue weighted by Gasteiger charge is 2.23. The predicted molar refractivity (Wildman–Crippen MR) is 223 cm³/mol. The highest BCUT2D eigenvalue weighted by Crippen LogP contribution is 2.53. The normalized spacial score (nSPS) is 12.2. The van der Waals surface area contributed by atoms with Gasteiger partial charge in [0.15, 0.2) is 0 Å². The number of fused-ring (bicyclic) bond motifs is 10. The zero-order valence-electron chi connectivity index (χ0n) is 27.7. The first kappa shape index (κ1) is 28.3. The summed E-state index contributed by atoms with van der Waals surface area (Å²) in [5, 5.41) is 16.2. The maximum atomic E-state index is 2.49. The summed E-state index contributed by atoms with van der Waals surface area (Å²) in [7, 11) is 0. The van der Waals surface area contributed by atoms with Gasteiger partial charge in [0.25, 0.3) is 0 Å². The maximum Gasteiger partial charge on any atom is 0.0434 e. The Morgan fingerprint density at radius 2 is 0.680 bits per heavy atom. The lowest BCUT2D eigenvalue weighted by atomic mass is 9.87. The molecule has 0 radical (unpaired) electrons. The third-order valence-corrected chi connectivity index (χ3v) is 13.6. The Kier molecular flexibility index (Phi) is 5.94. The molecular formula is C48H30S2. The first-order valence-electron chi connectivity index (χ1n) is 17.3. The van der Waals surface area contributed by atoms with Crippen LogP contribution in [0.2, 0.25) is 0 Å². The van der Waals surface area contributed by atoms with Crippen LogP contribution in [0.3, 0.4) is 0 Å². The summed E-state index contributed by atoms with van der Waals surface area (Å²) >= 11 is 3.93. The minimum absolute atomic E-state index is 1.26. The van der Waals surface area contributed by atoms with Crippen LogP contribution in [0.25, 0.3) is 106 Å². The van der Waals surface area contributed by atoms with Crippen molar-refractivity contribution in [3.8, 4) is 22.3 Å². The van der Waals surface area contributed by atoms with Gasteiger partial charge < -0.3 is 0 Å². The number of rotatable bonds is 2. The molecule has 0 aliphatic rings. The molecule has 2 aromatic heterocycles. The van der Waals surface area contributed by atoms with Gasteiger partial charge in [0.2, 0.25) is 0 Å². The summed E-state index contributed by atoms with van der Waals surface area (Å²) in [6.45, 7) is 4.58. The van der Waals surface area contributed by atoms with Gasteiger partial charge in [-0.2, -0.15) is 0 Å². The summed E-state index contributed by atoms with van der Waals surface area (Å²) in [6, 6.07) is 54.4. The van der Waals surface area contributed by atoms with Gasteiger partial charge >= 0.3 is 0 Å². The second kappa shape index (κ2) is 10.5. The van der Waals surface area contributed by atoms with Gasteiger partial charge in [-0.05, 0) is 80.9 Å². The average Bonchev–Trinajstić information content (AvgIpc) is 3.17. The molecule has 9 aromatic carbocycles. The molecule has 0 bridgehead atoms. The Hall–Kier alpha value is -5.54. The fourth-order valence-electron chi connectivity index (χ4n) is 8.58. The molecule has 0 aliphatic heterocycles. The van der Waals surface area contributed by atoms with E-state index in [0.29, 0.717) is 0 Å². The molecule has 0 fully saturated rings. The smallest absolute Gasteiger partial charge is 0.0434 e. The third-order valence-electron chi connectivity index (χ3n) is 10.9. The number of hydrogen-bond acceptors (Lipinski definition) is 2. The maximum absolute atomic E-state index is 2.49. The van der Waals surface area contributed by atoms with Crippen LogP contribution in [0.1, 0.15) is 11.1 Å². The molecule has 0 nitrogen and oxygen atoms in total. The van der Waals surface area contributed by atoms with Crippen LogP contribution < -0.4 is 0 Å². The van der Waals surface area contributed by atoms with Gasteiger partial charge in [-0.1, -0.05) is 133 Å². The molecule has 0 N–H and O–H groups in total. The van der Waals surface area contributed by atoms with Gasteiger partial charge in [-0.15, -0.1) is 22.7 Å². The van der Waals surface area contributed by atoms with Gasteiger partial charge in [-0.3, -0.25) is 0 Å². The van der Waals surface area contributed by atoms with E-state index in [1.165, 1.54) is 117 Å². The largest absolute Gasteiger partial charge is 0.134 e. The Bertz CT molecular complexity index is 2980. The van der Waals surface area contributed by atoms with Gasteiger partial charge in [0.1, 0.15) is 0 Å². The Morgan fingerprint density at radius 1 is 0.300 bits per heavy atom. The molecule has 0 spiro atoms. The van der Waals surface area contributed by atoms with E-state index in [-0.39, 0.29) is 0 Å². The zero-order valence-corrected chi connectivity index (χ0v) is 29.3. The Balaban J connectivity index is 1.43. The molecule has 2 heteroatoms. The van der Waals surface area contributed by atoms with E-state index in [9.17, 15) is 0 Å². The lowest BCUT2D eigenvalue weighted by molar-refractivity contribution is 1.57. The predicted octanol–water partition coefficient (Wildman–Crippen LogP) is 15.0. The van der Waals surface area contributed by atoms with Gasteiger partial charge in [-0.25, -0.2) is 0 Å². The van der Waals surface area contributed by atoms with E-state index in [1.54, 1.807) is 0 Å². The fraction of sp³-hybridized carbons (Fsp3) is 0.0417. The highest BCUT2D eigenvalue weighted by molar-refractivity contribution is 7.27. The van der Waals surface area contributed by atoms with Crippen molar-refractivity contribution in [2.75, 3.05) is 0 Å². The molecular weight excluding hydrogens is 641 g/mol. The lowest BCUT2D eigenvalue weighted by Gasteiger charge is -2.21. The van der Waals surface area contributed by atoms with Crippen molar-refractivity contribution in [3.63, 3.8) is 0 Å². The Morgan fingerprint density at radius 3 is 1.10 bits per heavy atom. The van der Waals surface area contributed by atoms with Crippen LogP contribution in [-0.4, -0.2) is 0 Å². The van der Waals surface area contributed by atoms with Gasteiger partial charge in [0.05, 0.1) is 0 Å². The number of aryl methyl sites for hydroxylation is 2. The molecule has 0 atom stereocenters. The van der Waals surface area contributed by atoms with Crippen molar-refractivity contribution >= 4 is 106 Å². The van der Waals surface area contributed by atoms with Crippen molar-refractivity contribution in [3.05, 3.63) is 157 Å². The molecule has 0 unspecified atom stereocenters. The van der Waals surface area contributed by atoms with Crippen molar-refractivity contribution in [1.82, 2.24) is 0 Å². The van der Waals surface area contributed by atoms with E-state index in [4.69, 9.17) is 0 Å². The Labute approximate surface area is 297 Å². The van der Waals surface area contributed by atoms with E-state index >= 15 is 0 Å². The molecule has 11 aromatic rings. The lowest BCUT2D eigenvalue weighted by Crippen LogP contribution is -1.93. The molecule has 0 saturated carbocycles. The van der Waals surface area contributed by atoms with Crippen molar-refractivity contribution in [2.24, 2.45) is 0 Å². The van der Waals surface area contributed by atoms with Crippen LogP contribution in [0, 0.1) is 13.8 Å². The van der Waals surface area contributed by atoms with Crippen molar-refractivity contribution < 1.29 is 0 Å². The van der Waals surface area contributed by atoms with Crippen LogP contribution in [-0.2, 0) is 0 Å². The van der Waals surface area contributed by atoms with Crippen LogP contribution in [0.4, 0.5) is 0 Å². The summed E-state index contributed by atoms with van der Waals surface area (Å²) in [5.41, 5.74) is 7.76. The number of hydrogen-bond donors (Lipinski definition) is 0. The van der Waals surface area contributed by atoms with Crippen LogP contribution in [0.15, 0.2) is 146 Å². The minimum Gasteiger partial charge on any atom is -0.134 e. The highest BCUT2D eigenvalue weighted by atomic mass is 32.1. The number of benzene rings is 9. The average molecular weight is 671 g/mol. The zero-order chi connectivity index (χ0) is 33.1. The second-order valence-corrected chi connectivity index (χ2v) is 15.7. The molecule has 50 heavy (non-hydrogen) atoms. The molecule has 0 aliphatic carbocycles. The summed E-state index contributed by atoms with van der Waals surface area (Å²) < 4.78 is 5.49. The summed E-state index contributed by atoms with van der Waals surface area (Å²) in [4.78, 5) is 0. The standard InChI is InChI=1S/C48H30S2/c1-27-21-23-35-42-40-26-38(30-15-7-4-8-16-30)32-18-10-12-20-34(32)48(40)50-46-28(2)22-24-36(44(42)46)41-39-25-37(29-13-5-3-6-14-29)31-17-9-11-19-33(31)47(39)49-45(27)43(35)41/h3-26H,1-2H3. The second-order valence-electron chi connectivity index (χ2n) is 13.6. The SMILES string of the molecule is Cc1ccc2c3c1sc1c4ccccc4c(-c4ccccc4)cc1c3c1ccc(C)c3sc4c5ccccc5c(-c5ccccc5)cc4c2c31. The first-order chi connectivity index (χ1) is 24.7.